The van der Waals surface area contributed by atoms with Crippen LogP contribution in [-0.2, 0) is 4.79 Å². The number of pyridine rings is 1. The molecule has 0 unspecified atom stereocenters. The van der Waals surface area contributed by atoms with Gasteiger partial charge in [0.25, 0.3) is 5.88 Å². The molecule has 7 nitrogen and oxygen atoms in total. The SMILES string of the molecule is COc1cccnc1OC(=O)NC(=O)CN. The number of methoxy groups -OCH3 is 1. The maximum atomic E-state index is 11.1. The van der Waals surface area contributed by atoms with Gasteiger partial charge in [-0.2, -0.15) is 0 Å². The smallest absolute Gasteiger partial charge is 0.420 e. The van der Waals surface area contributed by atoms with E-state index in [2.05, 4.69) is 4.98 Å². The molecule has 1 rings (SSSR count). The summed E-state index contributed by atoms with van der Waals surface area (Å²) in [6.07, 6.45) is 0.475. The molecule has 0 aliphatic rings. The fourth-order valence-electron chi connectivity index (χ4n) is 0.886. The summed E-state index contributed by atoms with van der Waals surface area (Å²) in [5, 5.41) is 1.91. The zero-order valence-corrected chi connectivity index (χ0v) is 8.60. The zero-order chi connectivity index (χ0) is 12.0. The minimum Gasteiger partial charge on any atom is -0.491 e. The molecule has 0 aliphatic heterocycles. The molecule has 16 heavy (non-hydrogen) atoms. The van der Waals surface area contributed by atoms with Crippen LogP contribution in [-0.4, -0.2) is 30.6 Å². The van der Waals surface area contributed by atoms with E-state index in [4.69, 9.17) is 15.2 Å². The van der Waals surface area contributed by atoms with Gasteiger partial charge < -0.3 is 15.2 Å². The van der Waals surface area contributed by atoms with Crippen molar-refractivity contribution in [2.24, 2.45) is 5.73 Å². The van der Waals surface area contributed by atoms with Crippen LogP contribution < -0.4 is 20.5 Å². The number of carbonyl (C=O) groups is 2. The first-order chi connectivity index (χ1) is 7.67. The van der Waals surface area contributed by atoms with Gasteiger partial charge in [0.1, 0.15) is 0 Å². The second kappa shape index (κ2) is 5.66. The van der Waals surface area contributed by atoms with Crippen molar-refractivity contribution in [2.45, 2.75) is 0 Å². The second-order valence-corrected chi connectivity index (χ2v) is 2.65. The van der Waals surface area contributed by atoms with Gasteiger partial charge in [-0.05, 0) is 12.1 Å². The fourth-order valence-corrected chi connectivity index (χ4v) is 0.886. The third-order valence-electron chi connectivity index (χ3n) is 1.57. The summed E-state index contributed by atoms with van der Waals surface area (Å²) in [7, 11) is 1.41. The van der Waals surface area contributed by atoms with Crippen molar-refractivity contribution in [3.63, 3.8) is 0 Å². The highest BCUT2D eigenvalue weighted by Crippen LogP contribution is 2.22. The molecule has 0 fully saturated rings. The number of amides is 2. The maximum absolute atomic E-state index is 11.1. The van der Waals surface area contributed by atoms with Gasteiger partial charge in [0.15, 0.2) is 5.75 Å². The molecule has 0 saturated heterocycles. The molecule has 86 valence electrons. The Hall–Kier alpha value is -2.15. The molecule has 0 spiro atoms. The van der Waals surface area contributed by atoms with E-state index in [0.717, 1.165) is 0 Å². The number of imide groups is 1. The molecule has 1 aromatic heterocycles. The highest BCUT2D eigenvalue weighted by atomic mass is 16.6. The highest BCUT2D eigenvalue weighted by Gasteiger charge is 2.12. The minimum absolute atomic E-state index is 0.0210. The molecule has 2 amide bonds. The third-order valence-corrected chi connectivity index (χ3v) is 1.57. The number of aromatic nitrogens is 1. The number of nitrogens with zero attached hydrogens (tertiary/aromatic N) is 1. The molecule has 3 N–H and O–H groups in total. The standard InChI is InChI=1S/C9H11N3O4/c1-15-6-3-2-4-11-8(6)16-9(14)12-7(13)5-10/h2-4H,5,10H2,1H3,(H,12,13,14). The molecule has 0 saturated carbocycles. The van der Waals surface area contributed by atoms with Crippen LogP contribution in [0.25, 0.3) is 0 Å². The molecule has 0 radical (unpaired) electrons. The predicted octanol–water partition coefficient (Wildman–Crippen LogP) is -0.336. The Morgan fingerprint density at radius 1 is 1.56 bits per heavy atom. The van der Waals surface area contributed by atoms with Crippen LogP contribution in [0.15, 0.2) is 18.3 Å². The van der Waals surface area contributed by atoms with E-state index < -0.39 is 12.0 Å². The van der Waals surface area contributed by atoms with E-state index in [9.17, 15) is 9.59 Å². The topological polar surface area (TPSA) is 104 Å². The molecule has 0 aromatic carbocycles. The Labute approximate surface area is 91.6 Å². The van der Waals surface area contributed by atoms with Crippen molar-refractivity contribution in [3.05, 3.63) is 18.3 Å². The van der Waals surface area contributed by atoms with Crippen LogP contribution in [0.4, 0.5) is 4.79 Å². The third kappa shape index (κ3) is 3.21. The average Bonchev–Trinajstić information content (AvgIpc) is 2.29. The predicted molar refractivity (Wildman–Crippen MR) is 54.0 cm³/mol. The molecule has 0 bridgehead atoms. The Balaban J connectivity index is 2.65. The summed E-state index contributed by atoms with van der Waals surface area (Å²) in [6.45, 7) is -0.297. The molecule has 0 atom stereocenters. The van der Waals surface area contributed by atoms with Gasteiger partial charge in [0, 0.05) is 6.20 Å². The number of nitrogens with one attached hydrogen (secondary N) is 1. The van der Waals surface area contributed by atoms with Crippen LogP contribution in [0, 0.1) is 0 Å². The Morgan fingerprint density at radius 2 is 2.31 bits per heavy atom. The first kappa shape index (κ1) is 11.9. The minimum atomic E-state index is -0.951. The van der Waals surface area contributed by atoms with Crippen molar-refractivity contribution in [1.29, 1.82) is 0 Å². The lowest BCUT2D eigenvalue weighted by molar-refractivity contribution is -0.118. The summed E-state index contributed by atoms with van der Waals surface area (Å²) >= 11 is 0. The summed E-state index contributed by atoms with van der Waals surface area (Å²) < 4.78 is 9.65. The van der Waals surface area contributed by atoms with Crippen molar-refractivity contribution in [3.8, 4) is 11.6 Å². The number of hydrogen-bond acceptors (Lipinski definition) is 6. The maximum Gasteiger partial charge on any atom is 0.420 e. The summed E-state index contributed by atoms with van der Waals surface area (Å²) in [5.74, 6) is -0.370. The lowest BCUT2D eigenvalue weighted by atomic mass is 10.4. The number of carbonyl (C=O) groups excluding carboxylic acids is 2. The fraction of sp³-hybridized carbons (Fsp3) is 0.222. The van der Waals surface area contributed by atoms with Crippen LogP contribution >= 0.6 is 0 Å². The Morgan fingerprint density at radius 3 is 2.94 bits per heavy atom. The van der Waals surface area contributed by atoms with Crippen molar-refractivity contribution in [1.82, 2.24) is 10.3 Å². The Bertz CT molecular complexity index is 394. The molecule has 7 heteroatoms. The van der Waals surface area contributed by atoms with Crippen molar-refractivity contribution >= 4 is 12.0 Å². The number of nitrogens with two attached hydrogens (primary N) is 1. The van der Waals surface area contributed by atoms with Crippen LogP contribution in [0.5, 0.6) is 11.6 Å². The molecule has 0 aliphatic carbocycles. The monoisotopic (exact) mass is 225 g/mol. The van der Waals surface area contributed by atoms with Crippen molar-refractivity contribution in [2.75, 3.05) is 13.7 Å². The Kier molecular flexibility index (Phi) is 4.22. The summed E-state index contributed by atoms with van der Waals surface area (Å²) in [5.41, 5.74) is 5.01. The van der Waals surface area contributed by atoms with E-state index >= 15 is 0 Å². The summed E-state index contributed by atoms with van der Waals surface area (Å²) in [6, 6.07) is 3.19. The second-order valence-electron chi connectivity index (χ2n) is 2.65. The van der Waals surface area contributed by atoms with Gasteiger partial charge in [0.2, 0.25) is 5.91 Å². The van der Waals surface area contributed by atoms with E-state index in [1.54, 1.807) is 12.1 Å². The van der Waals surface area contributed by atoms with Gasteiger partial charge >= 0.3 is 6.09 Å². The van der Waals surface area contributed by atoms with Gasteiger partial charge in [-0.3, -0.25) is 10.1 Å². The van der Waals surface area contributed by atoms with Crippen molar-refractivity contribution < 1.29 is 19.1 Å². The quantitative estimate of drug-likeness (QED) is 0.729. The van der Waals surface area contributed by atoms with Gasteiger partial charge in [0.05, 0.1) is 13.7 Å². The average molecular weight is 225 g/mol. The van der Waals surface area contributed by atoms with Gasteiger partial charge in [-0.1, -0.05) is 0 Å². The number of rotatable bonds is 3. The number of hydrogen-bond donors (Lipinski definition) is 2. The molecular weight excluding hydrogens is 214 g/mol. The van der Waals surface area contributed by atoms with E-state index in [0.29, 0.717) is 0 Å². The van der Waals surface area contributed by atoms with E-state index in [1.807, 2.05) is 5.32 Å². The van der Waals surface area contributed by atoms with Crippen LogP contribution in [0.1, 0.15) is 0 Å². The first-order valence-electron chi connectivity index (χ1n) is 4.38. The first-order valence-corrected chi connectivity index (χ1v) is 4.38. The largest absolute Gasteiger partial charge is 0.491 e. The molecule has 1 heterocycles. The lowest BCUT2D eigenvalue weighted by Crippen LogP contribution is -2.37. The normalized spacial score (nSPS) is 9.38. The lowest BCUT2D eigenvalue weighted by Gasteiger charge is -2.07. The van der Waals surface area contributed by atoms with Gasteiger partial charge in [-0.25, -0.2) is 9.78 Å². The van der Waals surface area contributed by atoms with E-state index in [-0.39, 0.29) is 18.2 Å². The van der Waals surface area contributed by atoms with E-state index in [1.165, 1.54) is 13.3 Å². The van der Waals surface area contributed by atoms with Crippen LogP contribution in [0.3, 0.4) is 0 Å². The summed E-state index contributed by atoms with van der Waals surface area (Å²) in [4.78, 5) is 25.7. The highest BCUT2D eigenvalue weighted by molar-refractivity contribution is 5.93. The molecule has 1 aromatic rings. The molecular formula is C9H11N3O4. The zero-order valence-electron chi connectivity index (χ0n) is 8.60. The number of ether oxygens (including phenoxy) is 2. The van der Waals surface area contributed by atoms with Crippen LogP contribution in [0.2, 0.25) is 0 Å². The van der Waals surface area contributed by atoms with Gasteiger partial charge in [-0.15, -0.1) is 0 Å².